The van der Waals surface area contributed by atoms with Crippen LogP contribution in [0.15, 0.2) is 63.3 Å². The number of fused-ring (bicyclic) bond motifs is 2. The molecule has 0 bridgehead atoms. The van der Waals surface area contributed by atoms with Crippen LogP contribution >= 0.6 is 46.2 Å². The van der Waals surface area contributed by atoms with Gasteiger partial charge in [-0.3, -0.25) is 9.59 Å². The van der Waals surface area contributed by atoms with Crippen LogP contribution in [0.4, 0.5) is 11.4 Å². The van der Waals surface area contributed by atoms with Crippen LogP contribution in [-0.2, 0) is 9.59 Å². The molecular weight excluding hydrogens is 569 g/mol. The van der Waals surface area contributed by atoms with Gasteiger partial charge in [0, 0.05) is 11.4 Å². The molecule has 0 fully saturated rings. The third kappa shape index (κ3) is 7.10. The maximum atomic E-state index is 12.6. The lowest BCUT2D eigenvalue weighted by atomic mass is 10.1. The molecule has 11 heteroatoms. The Morgan fingerprint density at radius 2 is 1.46 bits per heavy atom. The fourth-order valence-electron chi connectivity index (χ4n) is 3.84. The van der Waals surface area contributed by atoms with E-state index in [1.165, 1.54) is 34.9 Å². The van der Waals surface area contributed by atoms with Crippen LogP contribution in [0.3, 0.4) is 0 Å². The summed E-state index contributed by atoms with van der Waals surface area (Å²) in [7, 11) is 0. The van der Waals surface area contributed by atoms with Gasteiger partial charge in [0.1, 0.15) is 5.75 Å². The quantitative estimate of drug-likeness (QED) is 0.163. The number of benzene rings is 3. The molecule has 0 spiro atoms. The van der Waals surface area contributed by atoms with Crippen LogP contribution in [0.25, 0.3) is 20.4 Å². The van der Waals surface area contributed by atoms with Crippen molar-refractivity contribution in [2.45, 2.75) is 29.5 Å². The molecule has 0 unspecified atom stereocenters. The molecule has 0 atom stereocenters. The first-order valence-electron chi connectivity index (χ1n) is 12.2. The van der Waals surface area contributed by atoms with Gasteiger partial charge in [0.2, 0.25) is 11.8 Å². The first-order valence-corrected chi connectivity index (χ1v) is 15.8. The van der Waals surface area contributed by atoms with Gasteiger partial charge < -0.3 is 15.4 Å². The lowest BCUT2D eigenvalue weighted by Gasteiger charge is -2.08. The average molecular weight is 595 g/mol. The Morgan fingerprint density at radius 1 is 0.821 bits per heavy atom. The van der Waals surface area contributed by atoms with E-state index in [9.17, 15) is 9.59 Å². The van der Waals surface area contributed by atoms with E-state index in [2.05, 4.69) is 20.6 Å². The van der Waals surface area contributed by atoms with E-state index < -0.39 is 0 Å². The van der Waals surface area contributed by atoms with Crippen molar-refractivity contribution in [2.24, 2.45) is 0 Å². The van der Waals surface area contributed by atoms with E-state index in [4.69, 9.17) is 4.74 Å². The van der Waals surface area contributed by atoms with Gasteiger partial charge in [-0.15, -0.1) is 22.7 Å². The normalized spacial score (nSPS) is 11.2. The van der Waals surface area contributed by atoms with Crippen LogP contribution < -0.4 is 15.4 Å². The smallest absolute Gasteiger partial charge is 0.234 e. The molecule has 5 rings (SSSR count). The molecular formula is C28H26N4O3S4. The van der Waals surface area contributed by atoms with Crippen molar-refractivity contribution in [1.29, 1.82) is 0 Å². The number of hydrogen-bond donors (Lipinski definition) is 2. The third-order valence-electron chi connectivity index (χ3n) is 5.61. The Kier molecular flexibility index (Phi) is 8.71. The summed E-state index contributed by atoms with van der Waals surface area (Å²) in [5.41, 5.74) is 5.48. The van der Waals surface area contributed by atoms with Gasteiger partial charge >= 0.3 is 0 Å². The molecule has 0 saturated carbocycles. The van der Waals surface area contributed by atoms with Crippen molar-refractivity contribution in [2.75, 3.05) is 28.7 Å². The SMILES string of the molecule is CCOc1ccc2nc(SCC(=O)Nc3ccc4nc(SCC(=O)Nc5ccc(C)cc5C)sc4c3)sc2c1. The van der Waals surface area contributed by atoms with E-state index >= 15 is 0 Å². The first kappa shape index (κ1) is 27.4. The largest absolute Gasteiger partial charge is 0.494 e. The zero-order chi connectivity index (χ0) is 27.4. The topological polar surface area (TPSA) is 93.2 Å². The van der Waals surface area contributed by atoms with Crippen LogP contribution in [0.1, 0.15) is 18.1 Å². The Morgan fingerprint density at radius 3 is 2.13 bits per heavy atom. The van der Waals surface area contributed by atoms with Crippen molar-refractivity contribution in [3.63, 3.8) is 0 Å². The molecule has 3 aromatic carbocycles. The second kappa shape index (κ2) is 12.4. The molecule has 2 heterocycles. The minimum Gasteiger partial charge on any atom is -0.494 e. The molecule has 2 amide bonds. The number of thioether (sulfide) groups is 2. The zero-order valence-corrected chi connectivity index (χ0v) is 24.8. The number of carbonyl (C=O) groups is 2. The Balaban J connectivity index is 1.14. The fourth-order valence-corrected chi connectivity index (χ4v) is 7.64. The predicted octanol–water partition coefficient (Wildman–Crippen LogP) is 7.38. The van der Waals surface area contributed by atoms with Gasteiger partial charge in [0.15, 0.2) is 8.68 Å². The van der Waals surface area contributed by atoms with Gasteiger partial charge in [-0.1, -0.05) is 41.2 Å². The average Bonchev–Trinajstić information content (AvgIpc) is 3.51. The fraction of sp³-hybridized carbons (Fsp3) is 0.214. The number of nitrogens with zero attached hydrogens (tertiary/aromatic N) is 2. The van der Waals surface area contributed by atoms with Crippen molar-refractivity contribution in [3.8, 4) is 5.75 Å². The molecule has 7 nitrogen and oxygen atoms in total. The summed E-state index contributed by atoms with van der Waals surface area (Å²) >= 11 is 5.88. The number of anilines is 2. The Bertz CT molecular complexity index is 1660. The van der Waals surface area contributed by atoms with Crippen LogP contribution in [0.5, 0.6) is 5.75 Å². The molecule has 0 aliphatic rings. The highest BCUT2D eigenvalue weighted by atomic mass is 32.2. The summed E-state index contributed by atoms with van der Waals surface area (Å²) in [6.07, 6.45) is 0. The number of nitrogens with one attached hydrogen (secondary N) is 2. The van der Waals surface area contributed by atoms with Crippen LogP contribution in [0.2, 0.25) is 0 Å². The summed E-state index contributed by atoms with van der Waals surface area (Å²) in [5, 5.41) is 5.93. The minimum absolute atomic E-state index is 0.0699. The molecule has 0 aliphatic heterocycles. The maximum absolute atomic E-state index is 12.6. The number of ether oxygens (including phenoxy) is 1. The standard InChI is InChI=1S/C28H26N4O3S4/c1-4-35-19-7-10-22-24(13-19)39-28(32-22)36-14-25(33)29-18-6-9-21-23(12-18)38-27(31-21)37-15-26(34)30-20-8-5-16(2)11-17(20)3/h5-13H,4,14-15H2,1-3H3,(H,29,33)(H,30,34). The van der Waals surface area contributed by atoms with Crippen molar-refractivity contribution >= 4 is 89.8 Å². The third-order valence-corrected chi connectivity index (χ3v) is 9.94. The molecule has 200 valence electrons. The monoisotopic (exact) mass is 594 g/mol. The van der Waals surface area contributed by atoms with E-state index in [0.29, 0.717) is 12.3 Å². The lowest BCUT2D eigenvalue weighted by molar-refractivity contribution is -0.114. The molecule has 5 aromatic rings. The number of aryl methyl sites for hydroxylation is 2. The predicted molar refractivity (Wildman–Crippen MR) is 165 cm³/mol. The second-order valence-corrected chi connectivity index (χ2v) is 13.2. The van der Waals surface area contributed by atoms with Crippen LogP contribution in [0, 0.1) is 13.8 Å². The first-order chi connectivity index (χ1) is 18.9. The lowest BCUT2D eigenvalue weighted by Crippen LogP contribution is -2.14. The Labute approximate surface area is 242 Å². The van der Waals surface area contributed by atoms with Gasteiger partial charge in [-0.2, -0.15) is 0 Å². The number of aromatic nitrogens is 2. The summed E-state index contributed by atoms with van der Waals surface area (Å²) < 4.78 is 9.20. The summed E-state index contributed by atoms with van der Waals surface area (Å²) in [4.78, 5) is 34.3. The minimum atomic E-state index is -0.101. The number of carbonyl (C=O) groups excluding carboxylic acids is 2. The van der Waals surface area contributed by atoms with E-state index in [1.807, 2.05) is 75.4 Å². The van der Waals surface area contributed by atoms with Crippen molar-refractivity contribution < 1.29 is 14.3 Å². The number of thiazole rings is 2. The van der Waals surface area contributed by atoms with Crippen molar-refractivity contribution in [3.05, 3.63) is 65.7 Å². The summed E-state index contributed by atoms with van der Waals surface area (Å²) in [6, 6.07) is 17.4. The zero-order valence-electron chi connectivity index (χ0n) is 21.6. The molecule has 2 aromatic heterocycles. The van der Waals surface area contributed by atoms with E-state index in [0.717, 1.165) is 51.7 Å². The molecule has 0 saturated heterocycles. The van der Waals surface area contributed by atoms with Gasteiger partial charge in [0.25, 0.3) is 0 Å². The van der Waals surface area contributed by atoms with Gasteiger partial charge in [-0.25, -0.2) is 9.97 Å². The highest BCUT2D eigenvalue weighted by molar-refractivity contribution is 8.02. The summed E-state index contributed by atoms with van der Waals surface area (Å²) in [6.45, 7) is 6.58. The van der Waals surface area contributed by atoms with Gasteiger partial charge in [0.05, 0.1) is 38.5 Å². The second-order valence-electron chi connectivity index (χ2n) is 8.70. The van der Waals surface area contributed by atoms with Gasteiger partial charge in [-0.05, 0) is 68.8 Å². The number of hydrogen-bond acceptors (Lipinski definition) is 9. The molecule has 0 aliphatic carbocycles. The molecule has 2 N–H and O–H groups in total. The molecule has 39 heavy (non-hydrogen) atoms. The number of amides is 2. The number of rotatable bonds is 10. The summed E-state index contributed by atoms with van der Waals surface area (Å²) in [5.74, 6) is 1.18. The highest BCUT2D eigenvalue weighted by Crippen LogP contribution is 2.33. The Hall–Kier alpha value is -3.12. The highest BCUT2D eigenvalue weighted by Gasteiger charge is 2.12. The molecule has 0 radical (unpaired) electrons. The maximum Gasteiger partial charge on any atom is 0.234 e. The van der Waals surface area contributed by atoms with Crippen LogP contribution in [-0.4, -0.2) is 39.9 Å². The van der Waals surface area contributed by atoms with Crippen molar-refractivity contribution in [1.82, 2.24) is 9.97 Å². The van der Waals surface area contributed by atoms with E-state index in [1.54, 1.807) is 11.3 Å². The van der Waals surface area contributed by atoms with E-state index in [-0.39, 0.29) is 23.3 Å².